The Balaban J connectivity index is 1.23. The largest absolute Gasteiger partial charge is 0.437 e. The molecule has 2 saturated heterocycles. The van der Waals surface area contributed by atoms with Crippen LogP contribution in [0.1, 0.15) is 27.0 Å². The summed E-state index contributed by atoms with van der Waals surface area (Å²) in [6.07, 6.45) is -2.69. The average molecular weight is 624 g/mol. The van der Waals surface area contributed by atoms with E-state index in [1.165, 1.54) is 12.1 Å². The zero-order valence-corrected chi connectivity index (χ0v) is 25.5. The second-order valence-corrected chi connectivity index (χ2v) is 11.6. The van der Waals surface area contributed by atoms with Gasteiger partial charge in [0.2, 0.25) is 11.8 Å². The van der Waals surface area contributed by atoms with E-state index in [1.54, 1.807) is 18.2 Å². The number of benzene rings is 2. The minimum atomic E-state index is -4.56. The monoisotopic (exact) mass is 623 g/mol. The second-order valence-electron chi connectivity index (χ2n) is 11.6. The maximum absolute atomic E-state index is 14.1. The molecular weight excluding hydrogens is 587 g/mol. The lowest BCUT2D eigenvalue weighted by Gasteiger charge is -2.33. The van der Waals surface area contributed by atoms with Crippen LogP contribution in [0.4, 0.5) is 24.8 Å². The van der Waals surface area contributed by atoms with Gasteiger partial charge in [-0.15, -0.1) is 0 Å². The lowest BCUT2D eigenvalue weighted by molar-refractivity contribution is -0.138. The molecule has 0 unspecified atom stereocenters. The van der Waals surface area contributed by atoms with Gasteiger partial charge in [0.25, 0.3) is 5.91 Å². The van der Waals surface area contributed by atoms with Crippen LogP contribution in [0.3, 0.4) is 0 Å². The average Bonchev–Trinajstić information content (AvgIpc) is 3.40. The minimum absolute atomic E-state index is 0.0639. The maximum atomic E-state index is 14.1. The van der Waals surface area contributed by atoms with E-state index in [4.69, 9.17) is 19.4 Å². The number of morpholine rings is 1. The van der Waals surface area contributed by atoms with Crippen LogP contribution in [0.25, 0.3) is 11.0 Å². The summed E-state index contributed by atoms with van der Waals surface area (Å²) in [5.74, 6) is 0.700. The lowest BCUT2D eigenvalue weighted by Crippen LogP contribution is -2.44. The third-order valence-corrected chi connectivity index (χ3v) is 8.29. The van der Waals surface area contributed by atoms with Crippen LogP contribution in [-0.2, 0) is 24.5 Å². The van der Waals surface area contributed by atoms with Gasteiger partial charge < -0.3 is 29.2 Å². The van der Waals surface area contributed by atoms with Crippen molar-refractivity contribution in [2.24, 2.45) is 7.05 Å². The van der Waals surface area contributed by atoms with Crippen LogP contribution in [0.15, 0.2) is 48.7 Å². The molecule has 13 heteroatoms. The van der Waals surface area contributed by atoms with Crippen LogP contribution < -0.4 is 15.0 Å². The Kier molecular flexibility index (Phi) is 8.67. The highest BCUT2D eigenvalue weighted by Crippen LogP contribution is 2.36. The number of amides is 1. The number of ether oxygens (including phenoxy) is 2. The predicted molar refractivity (Wildman–Crippen MR) is 165 cm³/mol. The molecule has 4 aromatic rings. The van der Waals surface area contributed by atoms with E-state index in [0.717, 1.165) is 24.7 Å². The summed E-state index contributed by atoms with van der Waals surface area (Å²) in [6, 6.07) is 10.8. The van der Waals surface area contributed by atoms with Gasteiger partial charge in [0.1, 0.15) is 11.3 Å². The topological polar surface area (TPSA) is 88.0 Å². The van der Waals surface area contributed by atoms with Crippen LogP contribution in [0.2, 0.25) is 0 Å². The van der Waals surface area contributed by atoms with Crippen molar-refractivity contribution in [3.63, 3.8) is 0 Å². The van der Waals surface area contributed by atoms with Crippen LogP contribution >= 0.6 is 0 Å². The summed E-state index contributed by atoms with van der Waals surface area (Å²) in [4.78, 5) is 28.9. The molecule has 0 atom stereocenters. The molecule has 2 aromatic heterocycles. The van der Waals surface area contributed by atoms with Crippen molar-refractivity contribution in [3.8, 4) is 11.6 Å². The third kappa shape index (κ3) is 6.90. The van der Waals surface area contributed by atoms with E-state index in [9.17, 15) is 18.0 Å². The molecule has 2 aliphatic rings. The SMILES string of the molecule is Cc1ccc(C(=O)Nc2ccc(CN3CCN(C)CC3)c(C(F)(F)F)c2)cc1Oc1nc(N2CCOCC2)nc2ccn(C)c12. The van der Waals surface area contributed by atoms with E-state index < -0.39 is 17.6 Å². The molecule has 1 N–H and O–H groups in total. The number of carbonyl (C=O) groups excluding carboxylic acids is 1. The lowest BCUT2D eigenvalue weighted by atomic mass is 10.0. The zero-order valence-electron chi connectivity index (χ0n) is 25.5. The molecule has 10 nitrogen and oxygen atoms in total. The van der Waals surface area contributed by atoms with Crippen molar-refractivity contribution in [2.75, 3.05) is 69.7 Å². The number of aromatic nitrogens is 3. The van der Waals surface area contributed by atoms with Gasteiger partial charge in [0.05, 0.1) is 24.3 Å². The van der Waals surface area contributed by atoms with Crippen molar-refractivity contribution in [3.05, 3.63) is 70.9 Å². The first-order valence-corrected chi connectivity index (χ1v) is 14.9. The van der Waals surface area contributed by atoms with Gasteiger partial charge in [-0.25, -0.2) is 4.98 Å². The summed E-state index contributed by atoms with van der Waals surface area (Å²) in [6.45, 7) is 7.50. The molecule has 2 aromatic carbocycles. The number of rotatable bonds is 7. The van der Waals surface area contributed by atoms with Gasteiger partial charge in [-0.3, -0.25) is 9.69 Å². The number of nitrogens with one attached hydrogen (secondary N) is 1. The molecule has 0 saturated carbocycles. The number of likely N-dealkylation sites (N-methyl/N-ethyl adjacent to an activating group) is 1. The van der Waals surface area contributed by atoms with Crippen molar-refractivity contribution in [2.45, 2.75) is 19.6 Å². The minimum Gasteiger partial charge on any atom is -0.437 e. The molecule has 238 valence electrons. The van der Waals surface area contributed by atoms with Crippen molar-refractivity contribution in [1.82, 2.24) is 24.3 Å². The molecule has 0 spiro atoms. The number of aryl methyl sites for hydroxylation is 2. The first-order valence-electron chi connectivity index (χ1n) is 14.9. The summed E-state index contributed by atoms with van der Waals surface area (Å²) in [5, 5.41) is 2.64. The molecule has 1 amide bonds. The molecular formula is C32H36F3N7O3. The van der Waals surface area contributed by atoms with Crippen molar-refractivity contribution < 1.29 is 27.4 Å². The van der Waals surface area contributed by atoms with Gasteiger partial charge in [0.15, 0.2) is 0 Å². The van der Waals surface area contributed by atoms with Gasteiger partial charge >= 0.3 is 6.18 Å². The van der Waals surface area contributed by atoms with Crippen molar-refractivity contribution in [1.29, 1.82) is 0 Å². The summed E-state index contributed by atoms with van der Waals surface area (Å²) in [5.41, 5.74) is 1.89. The first kappa shape index (κ1) is 30.8. The number of piperazine rings is 1. The number of hydrogen-bond donors (Lipinski definition) is 1. The number of halogens is 3. The van der Waals surface area contributed by atoms with Gasteiger partial charge in [-0.1, -0.05) is 12.1 Å². The summed E-state index contributed by atoms with van der Waals surface area (Å²) in [7, 11) is 3.87. The zero-order chi connectivity index (χ0) is 31.7. The fourth-order valence-corrected chi connectivity index (χ4v) is 5.58. The Morgan fingerprint density at radius 2 is 1.73 bits per heavy atom. The van der Waals surface area contributed by atoms with E-state index in [1.807, 2.05) is 47.6 Å². The Morgan fingerprint density at radius 3 is 2.47 bits per heavy atom. The highest BCUT2D eigenvalue weighted by molar-refractivity contribution is 6.04. The smallest absolute Gasteiger partial charge is 0.416 e. The predicted octanol–water partition coefficient (Wildman–Crippen LogP) is 4.92. The van der Waals surface area contributed by atoms with Crippen molar-refractivity contribution >= 4 is 28.6 Å². The van der Waals surface area contributed by atoms with E-state index in [2.05, 4.69) is 10.2 Å². The normalized spacial score (nSPS) is 16.7. The standard InChI is InChI=1S/C32H36F3N7O3/c1-21-4-5-22(18-27(21)45-30-28-26(8-9-40(28)3)37-31(38-30)42-14-16-44-17-15-42)29(43)36-24-7-6-23(25(19-24)32(33,34)35)20-41-12-10-39(2)11-13-41/h4-9,18-19H,10-17,20H2,1-3H3,(H,36,43). The number of carbonyl (C=O) groups is 1. The molecule has 2 fully saturated rings. The van der Waals surface area contributed by atoms with Crippen LogP contribution in [0.5, 0.6) is 11.6 Å². The highest BCUT2D eigenvalue weighted by Gasteiger charge is 2.34. The summed E-state index contributed by atoms with van der Waals surface area (Å²) >= 11 is 0. The number of alkyl halides is 3. The molecule has 45 heavy (non-hydrogen) atoms. The number of fused-ring (bicyclic) bond motifs is 1. The molecule has 0 aliphatic carbocycles. The fraction of sp³-hybridized carbons (Fsp3) is 0.406. The second kappa shape index (κ2) is 12.7. The Labute approximate surface area is 259 Å². The van der Waals surface area contributed by atoms with Crippen LogP contribution in [-0.4, -0.2) is 89.8 Å². The number of hydrogen-bond acceptors (Lipinski definition) is 8. The van der Waals surface area contributed by atoms with E-state index in [-0.39, 0.29) is 23.4 Å². The molecule has 6 rings (SSSR count). The third-order valence-electron chi connectivity index (χ3n) is 8.29. The maximum Gasteiger partial charge on any atom is 0.416 e. The van der Waals surface area contributed by atoms with Gasteiger partial charge in [-0.2, -0.15) is 18.2 Å². The Morgan fingerprint density at radius 1 is 0.978 bits per heavy atom. The molecule has 4 heterocycles. The number of nitrogens with zero attached hydrogens (tertiary/aromatic N) is 6. The van der Waals surface area contributed by atoms with Gasteiger partial charge in [0, 0.05) is 70.3 Å². The van der Waals surface area contributed by atoms with E-state index in [0.29, 0.717) is 68.0 Å². The highest BCUT2D eigenvalue weighted by atomic mass is 19.4. The Hall–Kier alpha value is -4.20. The first-order chi connectivity index (χ1) is 21.5. The van der Waals surface area contributed by atoms with E-state index >= 15 is 0 Å². The Bertz CT molecular complexity index is 1690. The molecule has 0 radical (unpaired) electrons. The molecule has 0 bridgehead atoms. The summed E-state index contributed by atoms with van der Waals surface area (Å²) < 4.78 is 55.9. The molecule has 2 aliphatic heterocycles. The quantitative estimate of drug-likeness (QED) is 0.311. The fourth-order valence-electron chi connectivity index (χ4n) is 5.58. The van der Waals surface area contributed by atoms with Crippen LogP contribution in [0, 0.1) is 6.92 Å². The van der Waals surface area contributed by atoms with Gasteiger partial charge in [-0.05, 0) is 55.4 Å². The number of anilines is 2.